The number of phenolic OH excluding ortho intramolecular Hbond substituents is 2. The van der Waals surface area contributed by atoms with Crippen LogP contribution in [0.4, 0.5) is 0 Å². The minimum atomic E-state index is -0.204. The SMILES string of the molecule is O=C(NCCc1ccc(O)c(O)c1)c1n[nH]c2c1CNCC2. The molecule has 0 aliphatic carbocycles. The molecule has 5 N–H and O–H groups in total. The number of fused-ring (bicyclic) bond motifs is 1. The second-order valence-electron chi connectivity index (χ2n) is 5.29. The highest BCUT2D eigenvalue weighted by atomic mass is 16.3. The second kappa shape index (κ2) is 6.07. The third-order valence-corrected chi connectivity index (χ3v) is 3.76. The van der Waals surface area contributed by atoms with Crippen molar-refractivity contribution < 1.29 is 15.0 Å². The molecule has 0 saturated heterocycles. The Morgan fingerprint density at radius 3 is 3.00 bits per heavy atom. The van der Waals surface area contributed by atoms with Crippen LogP contribution in [0.3, 0.4) is 0 Å². The van der Waals surface area contributed by atoms with Crippen LogP contribution in [-0.4, -0.2) is 39.4 Å². The molecule has 7 heteroatoms. The second-order valence-corrected chi connectivity index (χ2v) is 5.29. The Hall–Kier alpha value is -2.54. The third kappa shape index (κ3) is 2.89. The summed E-state index contributed by atoms with van der Waals surface area (Å²) in [6.45, 7) is 1.97. The molecule has 116 valence electrons. The van der Waals surface area contributed by atoms with Crippen molar-refractivity contribution in [3.63, 3.8) is 0 Å². The smallest absolute Gasteiger partial charge is 0.272 e. The Bertz CT molecular complexity index is 696. The first-order valence-electron chi connectivity index (χ1n) is 7.21. The van der Waals surface area contributed by atoms with Gasteiger partial charge in [0.25, 0.3) is 5.91 Å². The van der Waals surface area contributed by atoms with Gasteiger partial charge in [0.05, 0.1) is 0 Å². The summed E-state index contributed by atoms with van der Waals surface area (Å²) >= 11 is 0. The highest BCUT2D eigenvalue weighted by Crippen LogP contribution is 2.24. The lowest BCUT2D eigenvalue weighted by molar-refractivity contribution is 0.0948. The molecule has 0 unspecified atom stereocenters. The lowest BCUT2D eigenvalue weighted by Gasteiger charge is -2.12. The van der Waals surface area contributed by atoms with E-state index in [9.17, 15) is 15.0 Å². The van der Waals surface area contributed by atoms with Gasteiger partial charge in [-0.2, -0.15) is 5.10 Å². The van der Waals surface area contributed by atoms with Crippen LogP contribution in [0, 0.1) is 0 Å². The molecule has 1 aromatic heterocycles. The Kier molecular flexibility index (Phi) is 3.97. The molecular formula is C15H18N4O3. The van der Waals surface area contributed by atoms with Gasteiger partial charge in [-0.1, -0.05) is 6.07 Å². The average molecular weight is 302 g/mol. The van der Waals surface area contributed by atoms with Gasteiger partial charge in [0.15, 0.2) is 17.2 Å². The summed E-state index contributed by atoms with van der Waals surface area (Å²) in [5, 5.41) is 31.8. The van der Waals surface area contributed by atoms with E-state index in [0.29, 0.717) is 25.2 Å². The molecule has 0 radical (unpaired) electrons. The maximum Gasteiger partial charge on any atom is 0.272 e. The molecule has 0 spiro atoms. The van der Waals surface area contributed by atoms with Crippen LogP contribution >= 0.6 is 0 Å². The number of amides is 1. The number of hydrogen-bond acceptors (Lipinski definition) is 5. The molecule has 7 nitrogen and oxygen atoms in total. The van der Waals surface area contributed by atoms with Crippen molar-refractivity contribution in [1.82, 2.24) is 20.8 Å². The Morgan fingerprint density at radius 2 is 2.18 bits per heavy atom. The summed E-state index contributed by atoms with van der Waals surface area (Å²) in [5.41, 5.74) is 3.23. The number of nitrogens with one attached hydrogen (secondary N) is 3. The number of nitrogens with zero attached hydrogens (tertiary/aromatic N) is 1. The number of aromatic hydroxyl groups is 2. The number of aromatic nitrogens is 2. The van der Waals surface area contributed by atoms with E-state index in [4.69, 9.17) is 0 Å². The predicted molar refractivity (Wildman–Crippen MR) is 79.8 cm³/mol. The molecule has 1 aliphatic rings. The summed E-state index contributed by atoms with van der Waals surface area (Å²) < 4.78 is 0. The summed E-state index contributed by atoms with van der Waals surface area (Å²) in [6, 6.07) is 4.63. The Balaban J connectivity index is 1.58. The molecule has 1 amide bonds. The molecule has 3 rings (SSSR count). The maximum absolute atomic E-state index is 12.2. The molecule has 2 heterocycles. The van der Waals surface area contributed by atoms with Gasteiger partial charge >= 0.3 is 0 Å². The van der Waals surface area contributed by atoms with Crippen molar-refractivity contribution in [2.24, 2.45) is 0 Å². The van der Waals surface area contributed by atoms with E-state index in [-0.39, 0.29) is 17.4 Å². The molecule has 0 bridgehead atoms. The first-order chi connectivity index (χ1) is 10.6. The van der Waals surface area contributed by atoms with Gasteiger partial charge < -0.3 is 20.8 Å². The lowest BCUT2D eigenvalue weighted by Crippen LogP contribution is -2.29. The first kappa shape index (κ1) is 14.4. The van der Waals surface area contributed by atoms with Gasteiger partial charge in [-0.05, 0) is 24.1 Å². The van der Waals surface area contributed by atoms with E-state index in [0.717, 1.165) is 29.8 Å². The van der Waals surface area contributed by atoms with Crippen LogP contribution in [-0.2, 0) is 19.4 Å². The minimum absolute atomic E-state index is 0.150. The summed E-state index contributed by atoms with van der Waals surface area (Å²) in [6.07, 6.45) is 1.41. The molecule has 2 aromatic rings. The molecule has 22 heavy (non-hydrogen) atoms. The molecule has 1 aliphatic heterocycles. The van der Waals surface area contributed by atoms with Crippen LogP contribution < -0.4 is 10.6 Å². The van der Waals surface area contributed by atoms with E-state index in [1.165, 1.54) is 12.1 Å². The fourth-order valence-corrected chi connectivity index (χ4v) is 2.54. The van der Waals surface area contributed by atoms with Gasteiger partial charge in [-0.15, -0.1) is 0 Å². The van der Waals surface area contributed by atoms with E-state index in [1.54, 1.807) is 6.07 Å². The summed E-state index contributed by atoms with van der Waals surface area (Å²) in [5.74, 6) is -0.510. The highest BCUT2D eigenvalue weighted by molar-refractivity contribution is 5.94. The normalized spacial score (nSPS) is 13.6. The largest absolute Gasteiger partial charge is 0.504 e. The first-order valence-corrected chi connectivity index (χ1v) is 7.21. The quantitative estimate of drug-likeness (QED) is 0.526. The summed E-state index contributed by atoms with van der Waals surface area (Å²) in [7, 11) is 0. The van der Waals surface area contributed by atoms with Crippen LogP contribution in [0.25, 0.3) is 0 Å². The monoisotopic (exact) mass is 302 g/mol. The number of carbonyl (C=O) groups excluding carboxylic acids is 1. The Morgan fingerprint density at radius 1 is 1.32 bits per heavy atom. The maximum atomic E-state index is 12.2. The standard InChI is InChI=1S/C15H18N4O3/c20-12-2-1-9(7-13(12)21)3-6-17-15(22)14-10-8-16-5-4-11(10)18-19-14/h1-2,7,16,20-21H,3-6,8H2,(H,17,22)(H,18,19). The van der Waals surface area contributed by atoms with Crippen LogP contribution in [0.5, 0.6) is 11.5 Å². The van der Waals surface area contributed by atoms with Gasteiger partial charge in [0.2, 0.25) is 0 Å². The highest BCUT2D eigenvalue weighted by Gasteiger charge is 2.21. The van der Waals surface area contributed by atoms with E-state index in [1.807, 2.05) is 0 Å². The van der Waals surface area contributed by atoms with Crippen molar-refractivity contribution in [3.8, 4) is 11.5 Å². The van der Waals surface area contributed by atoms with Crippen molar-refractivity contribution in [1.29, 1.82) is 0 Å². The topological polar surface area (TPSA) is 110 Å². The lowest BCUT2D eigenvalue weighted by atomic mass is 10.1. The number of rotatable bonds is 4. The zero-order valence-electron chi connectivity index (χ0n) is 12.0. The fourth-order valence-electron chi connectivity index (χ4n) is 2.54. The van der Waals surface area contributed by atoms with Gasteiger partial charge in [0, 0.05) is 37.3 Å². The zero-order valence-corrected chi connectivity index (χ0v) is 12.0. The van der Waals surface area contributed by atoms with Crippen molar-refractivity contribution in [2.75, 3.05) is 13.1 Å². The zero-order chi connectivity index (χ0) is 15.5. The molecule has 0 atom stereocenters. The number of H-pyrrole nitrogens is 1. The van der Waals surface area contributed by atoms with Crippen molar-refractivity contribution >= 4 is 5.91 Å². The average Bonchev–Trinajstić information content (AvgIpc) is 2.95. The van der Waals surface area contributed by atoms with Gasteiger partial charge in [-0.25, -0.2) is 0 Å². The number of aromatic amines is 1. The van der Waals surface area contributed by atoms with Crippen LogP contribution in [0.15, 0.2) is 18.2 Å². The van der Waals surface area contributed by atoms with Gasteiger partial charge in [0.1, 0.15) is 0 Å². The number of hydrogen-bond donors (Lipinski definition) is 5. The molecule has 1 aromatic carbocycles. The molecular weight excluding hydrogens is 284 g/mol. The van der Waals surface area contributed by atoms with E-state index in [2.05, 4.69) is 20.8 Å². The van der Waals surface area contributed by atoms with Crippen LogP contribution in [0.1, 0.15) is 27.3 Å². The van der Waals surface area contributed by atoms with E-state index >= 15 is 0 Å². The number of benzene rings is 1. The van der Waals surface area contributed by atoms with Gasteiger partial charge in [-0.3, -0.25) is 9.89 Å². The predicted octanol–water partition coefficient (Wildman–Crippen LogP) is 0.439. The number of phenols is 2. The molecule has 0 fully saturated rings. The van der Waals surface area contributed by atoms with Crippen LogP contribution in [0.2, 0.25) is 0 Å². The molecule has 0 saturated carbocycles. The van der Waals surface area contributed by atoms with E-state index < -0.39 is 0 Å². The summed E-state index contributed by atoms with van der Waals surface area (Å²) in [4.78, 5) is 12.2. The van der Waals surface area contributed by atoms with Crippen molar-refractivity contribution in [2.45, 2.75) is 19.4 Å². The fraction of sp³-hybridized carbons (Fsp3) is 0.333. The third-order valence-electron chi connectivity index (χ3n) is 3.76. The minimum Gasteiger partial charge on any atom is -0.504 e. The Labute approximate surface area is 127 Å². The number of carbonyl (C=O) groups is 1. The van der Waals surface area contributed by atoms with Crippen molar-refractivity contribution in [3.05, 3.63) is 40.7 Å².